The molecular formula is C19H20N2O4. The smallest absolute Gasteiger partial charge is 0.307 e. The van der Waals surface area contributed by atoms with E-state index in [2.05, 4.69) is 10.2 Å². The number of rotatable bonds is 5. The summed E-state index contributed by atoms with van der Waals surface area (Å²) < 4.78 is 5.34. The molecule has 1 aliphatic heterocycles. The molecule has 2 N–H and O–H groups in total. The molecule has 6 nitrogen and oxygen atoms in total. The van der Waals surface area contributed by atoms with Gasteiger partial charge in [0.1, 0.15) is 0 Å². The van der Waals surface area contributed by atoms with E-state index in [-0.39, 0.29) is 12.3 Å². The zero-order chi connectivity index (χ0) is 17.6. The molecule has 1 amide bonds. The molecule has 0 atom stereocenters. The molecule has 0 aliphatic carbocycles. The second kappa shape index (κ2) is 7.81. The minimum atomic E-state index is -0.878. The van der Waals surface area contributed by atoms with Gasteiger partial charge in [0.05, 0.1) is 19.6 Å². The highest BCUT2D eigenvalue weighted by Crippen LogP contribution is 2.18. The number of nitrogens with zero attached hydrogens (tertiary/aromatic N) is 1. The molecule has 1 aliphatic rings. The SMILES string of the molecule is O=C(O)Cc1ccc(NC(=O)c2ccc(N3CCOCC3)cc2)cc1. The van der Waals surface area contributed by atoms with E-state index >= 15 is 0 Å². The number of carbonyl (C=O) groups excluding carboxylic acids is 1. The van der Waals surface area contributed by atoms with Crippen LogP contribution in [0.5, 0.6) is 0 Å². The molecule has 130 valence electrons. The average Bonchev–Trinajstić information content (AvgIpc) is 2.64. The maximum Gasteiger partial charge on any atom is 0.307 e. The van der Waals surface area contributed by atoms with Crippen LogP contribution in [-0.2, 0) is 16.0 Å². The van der Waals surface area contributed by atoms with Gasteiger partial charge < -0.3 is 20.1 Å². The van der Waals surface area contributed by atoms with Gasteiger partial charge in [0.15, 0.2) is 0 Å². The molecule has 25 heavy (non-hydrogen) atoms. The molecule has 1 fully saturated rings. The van der Waals surface area contributed by atoms with E-state index in [1.165, 1.54) is 0 Å². The molecule has 0 spiro atoms. The average molecular weight is 340 g/mol. The Balaban J connectivity index is 1.61. The summed E-state index contributed by atoms with van der Waals surface area (Å²) in [6.07, 6.45) is -0.0305. The van der Waals surface area contributed by atoms with Crippen molar-refractivity contribution in [2.75, 3.05) is 36.5 Å². The topological polar surface area (TPSA) is 78.9 Å². The highest BCUT2D eigenvalue weighted by molar-refractivity contribution is 6.04. The summed E-state index contributed by atoms with van der Waals surface area (Å²) in [5.74, 6) is -1.07. The second-order valence-corrected chi connectivity index (χ2v) is 5.87. The standard InChI is InChI=1S/C19H20N2O4/c22-18(23)13-14-1-5-16(6-2-14)20-19(24)15-3-7-17(8-4-15)21-9-11-25-12-10-21/h1-8H,9-13H2,(H,20,24)(H,22,23). The van der Waals surface area contributed by atoms with Crippen LogP contribution >= 0.6 is 0 Å². The van der Waals surface area contributed by atoms with Gasteiger partial charge in [0.25, 0.3) is 5.91 Å². The molecule has 0 saturated carbocycles. The number of amides is 1. The Bertz CT molecular complexity index is 735. The van der Waals surface area contributed by atoms with Crippen molar-refractivity contribution in [2.24, 2.45) is 0 Å². The van der Waals surface area contributed by atoms with Crippen LogP contribution in [0.3, 0.4) is 0 Å². The van der Waals surface area contributed by atoms with Crippen molar-refractivity contribution >= 4 is 23.3 Å². The number of ether oxygens (including phenoxy) is 1. The lowest BCUT2D eigenvalue weighted by Gasteiger charge is -2.28. The number of aliphatic carboxylic acids is 1. The van der Waals surface area contributed by atoms with Crippen LogP contribution in [0, 0.1) is 0 Å². The van der Waals surface area contributed by atoms with Crippen molar-refractivity contribution in [3.05, 3.63) is 59.7 Å². The maximum absolute atomic E-state index is 12.3. The largest absolute Gasteiger partial charge is 0.481 e. The van der Waals surface area contributed by atoms with E-state index in [1.54, 1.807) is 36.4 Å². The van der Waals surface area contributed by atoms with Crippen molar-refractivity contribution in [3.8, 4) is 0 Å². The molecular weight excluding hydrogens is 320 g/mol. The first-order chi connectivity index (χ1) is 12.1. The fraction of sp³-hybridized carbons (Fsp3) is 0.263. The lowest BCUT2D eigenvalue weighted by Crippen LogP contribution is -2.36. The number of benzene rings is 2. The summed E-state index contributed by atoms with van der Waals surface area (Å²) in [6, 6.07) is 14.3. The van der Waals surface area contributed by atoms with E-state index in [0.29, 0.717) is 16.8 Å². The van der Waals surface area contributed by atoms with E-state index < -0.39 is 5.97 Å². The van der Waals surface area contributed by atoms with Crippen molar-refractivity contribution in [3.63, 3.8) is 0 Å². The first-order valence-corrected chi connectivity index (χ1v) is 8.17. The van der Waals surface area contributed by atoms with Crippen LogP contribution < -0.4 is 10.2 Å². The van der Waals surface area contributed by atoms with Gasteiger partial charge in [0, 0.05) is 30.0 Å². The molecule has 0 aromatic heterocycles. The molecule has 1 heterocycles. The predicted octanol–water partition coefficient (Wildman–Crippen LogP) is 2.40. The monoisotopic (exact) mass is 340 g/mol. The van der Waals surface area contributed by atoms with Crippen molar-refractivity contribution in [2.45, 2.75) is 6.42 Å². The van der Waals surface area contributed by atoms with Crippen LogP contribution in [-0.4, -0.2) is 43.3 Å². The summed E-state index contributed by atoms with van der Waals surface area (Å²) >= 11 is 0. The highest BCUT2D eigenvalue weighted by Gasteiger charge is 2.12. The normalized spacial score (nSPS) is 14.2. The highest BCUT2D eigenvalue weighted by atomic mass is 16.5. The Labute approximate surface area is 146 Å². The number of carboxylic acid groups (broad SMARTS) is 1. The number of carboxylic acids is 1. The molecule has 0 radical (unpaired) electrons. The first kappa shape index (κ1) is 17.0. The van der Waals surface area contributed by atoms with E-state index in [4.69, 9.17) is 9.84 Å². The molecule has 6 heteroatoms. The fourth-order valence-electron chi connectivity index (χ4n) is 2.73. The molecule has 1 saturated heterocycles. The van der Waals surface area contributed by atoms with Crippen LogP contribution in [0.1, 0.15) is 15.9 Å². The third kappa shape index (κ3) is 4.58. The van der Waals surface area contributed by atoms with Crippen LogP contribution in [0.15, 0.2) is 48.5 Å². The number of hydrogen-bond acceptors (Lipinski definition) is 4. The van der Waals surface area contributed by atoms with Crippen molar-refractivity contribution < 1.29 is 19.4 Å². The van der Waals surface area contributed by atoms with Gasteiger partial charge in [-0.1, -0.05) is 12.1 Å². The van der Waals surface area contributed by atoms with Crippen molar-refractivity contribution in [1.29, 1.82) is 0 Å². The van der Waals surface area contributed by atoms with Crippen LogP contribution in [0.25, 0.3) is 0 Å². The lowest BCUT2D eigenvalue weighted by molar-refractivity contribution is -0.136. The zero-order valence-electron chi connectivity index (χ0n) is 13.8. The minimum absolute atomic E-state index is 0.0305. The molecule has 0 unspecified atom stereocenters. The minimum Gasteiger partial charge on any atom is -0.481 e. The summed E-state index contributed by atoms with van der Waals surface area (Å²) in [4.78, 5) is 25.2. The van der Waals surface area contributed by atoms with Gasteiger partial charge in [-0.3, -0.25) is 9.59 Å². The Morgan fingerprint density at radius 2 is 1.64 bits per heavy atom. The number of hydrogen-bond donors (Lipinski definition) is 2. The number of morpholine rings is 1. The van der Waals surface area contributed by atoms with Gasteiger partial charge in [-0.2, -0.15) is 0 Å². The molecule has 3 rings (SSSR count). The quantitative estimate of drug-likeness (QED) is 0.874. The van der Waals surface area contributed by atoms with Crippen LogP contribution in [0.4, 0.5) is 11.4 Å². The maximum atomic E-state index is 12.3. The first-order valence-electron chi connectivity index (χ1n) is 8.17. The Hall–Kier alpha value is -2.86. The Morgan fingerprint density at radius 1 is 1.00 bits per heavy atom. The summed E-state index contributed by atoms with van der Waals surface area (Å²) in [5.41, 5.74) is 2.99. The van der Waals surface area contributed by atoms with Crippen molar-refractivity contribution in [1.82, 2.24) is 0 Å². The van der Waals surface area contributed by atoms with E-state index in [9.17, 15) is 9.59 Å². The molecule has 2 aromatic rings. The van der Waals surface area contributed by atoms with Gasteiger partial charge in [-0.25, -0.2) is 0 Å². The molecule has 2 aromatic carbocycles. The third-order valence-corrected chi connectivity index (χ3v) is 4.07. The lowest BCUT2D eigenvalue weighted by atomic mass is 10.1. The van der Waals surface area contributed by atoms with E-state index in [0.717, 1.165) is 32.0 Å². The Kier molecular flexibility index (Phi) is 5.30. The predicted molar refractivity (Wildman–Crippen MR) is 95.2 cm³/mol. The van der Waals surface area contributed by atoms with E-state index in [1.807, 2.05) is 12.1 Å². The van der Waals surface area contributed by atoms with Gasteiger partial charge in [0.2, 0.25) is 0 Å². The van der Waals surface area contributed by atoms with Gasteiger partial charge >= 0.3 is 5.97 Å². The molecule has 0 bridgehead atoms. The Morgan fingerprint density at radius 3 is 2.24 bits per heavy atom. The number of carbonyl (C=O) groups is 2. The van der Waals surface area contributed by atoms with Gasteiger partial charge in [-0.15, -0.1) is 0 Å². The second-order valence-electron chi connectivity index (χ2n) is 5.87. The number of anilines is 2. The summed E-state index contributed by atoms with van der Waals surface area (Å²) in [5, 5.41) is 11.6. The van der Waals surface area contributed by atoms with Crippen LogP contribution in [0.2, 0.25) is 0 Å². The number of nitrogens with one attached hydrogen (secondary N) is 1. The zero-order valence-corrected chi connectivity index (χ0v) is 13.8. The summed E-state index contributed by atoms with van der Waals surface area (Å²) in [7, 11) is 0. The summed E-state index contributed by atoms with van der Waals surface area (Å²) in [6.45, 7) is 3.16. The third-order valence-electron chi connectivity index (χ3n) is 4.07. The van der Waals surface area contributed by atoms with Gasteiger partial charge in [-0.05, 0) is 42.0 Å². The fourth-order valence-corrected chi connectivity index (χ4v) is 2.73.